The molecule has 7 heteroatoms. The quantitative estimate of drug-likeness (QED) is 0.179. The number of nitrogens with zero attached hydrogens (tertiary/aromatic N) is 6. The molecule has 5 heterocycles. The molecule has 59 heavy (non-hydrogen) atoms. The zero-order valence-corrected chi connectivity index (χ0v) is 31.3. The molecule has 0 fully saturated rings. The topological polar surface area (TPSA) is 84.9 Å². The van der Waals surface area contributed by atoms with Crippen molar-refractivity contribution in [2.45, 2.75) is 0 Å². The first-order chi connectivity index (χ1) is 29.2. The van der Waals surface area contributed by atoms with E-state index in [2.05, 4.69) is 100.0 Å². The Balaban J connectivity index is 1.18. The molecule has 5 aromatic heterocycles. The Morgan fingerprint density at radius 3 is 1.76 bits per heavy atom. The SMILES string of the molecule is N#Cc1cc(-c2nc(-c3ccccc3)nc(-c3ccccc3)n2)c2oc3ccccc3c2c1-n1c2ccccc2c2c1ccc1c3cccc4c5ccccc5n(c43)c12. The maximum atomic E-state index is 11.3. The van der Waals surface area contributed by atoms with Crippen LogP contribution in [0.3, 0.4) is 0 Å². The number of rotatable bonds is 4. The molecule has 0 aliphatic carbocycles. The van der Waals surface area contributed by atoms with Crippen LogP contribution in [0.25, 0.3) is 122 Å². The van der Waals surface area contributed by atoms with Crippen LogP contribution in [0.4, 0.5) is 0 Å². The van der Waals surface area contributed by atoms with Crippen LogP contribution in [0.15, 0.2) is 174 Å². The van der Waals surface area contributed by atoms with E-state index in [0.717, 1.165) is 54.9 Å². The van der Waals surface area contributed by atoms with E-state index in [1.807, 2.05) is 84.9 Å². The lowest BCUT2D eigenvalue weighted by atomic mass is 10.0. The van der Waals surface area contributed by atoms with Crippen molar-refractivity contribution in [1.29, 1.82) is 5.26 Å². The molecule has 13 aromatic rings. The molecule has 0 spiro atoms. The summed E-state index contributed by atoms with van der Waals surface area (Å²) in [5, 5.41) is 20.1. The third kappa shape index (κ3) is 4.32. The van der Waals surface area contributed by atoms with Gasteiger partial charge in [-0.1, -0.05) is 140 Å². The van der Waals surface area contributed by atoms with Gasteiger partial charge in [-0.15, -0.1) is 0 Å². The van der Waals surface area contributed by atoms with E-state index in [-0.39, 0.29) is 0 Å². The average Bonchev–Trinajstić information content (AvgIpc) is 4.05. The molecule has 0 aliphatic rings. The fourth-order valence-electron chi connectivity index (χ4n) is 9.50. The summed E-state index contributed by atoms with van der Waals surface area (Å²) in [4.78, 5) is 15.1. The van der Waals surface area contributed by atoms with Gasteiger partial charge in [0, 0.05) is 48.8 Å². The predicted octanol–water partition coefficient (Wildman–Crippen LogP) is 12.9. The third-order valence-corrected chi connectivity index (χ3v) is 11.9. The Morgan fingerprint density at radius 1 is 0.458 bits per heavy atom. The minimum Gasteiger partial charge on any atom is -0.455 e. The van der Waals surface area contributed by atoms with E-state index in [1.54, 1.807) is 0 Å². The normalized spacial score (nSPS) is 12.1. The molecule has 0 radical (unpaired) electrons. The van der Waals surface area contributed by atoms with Gasteiger partial charge in [-0.25, -0.2) is 15.0 Å². The second-order valence-electron chi connectivity index (χ2n) is 15.0. The van der Waals surface area contributed by atoms with Gasteiger partial charge < -0.3 is 13.4 Å². The van der Waals surface area contributed by atoms with Crippen molar-refractivity contribution in [2.75, 3.05) is 0 Å². The number of fused-ring (bicyclic) bond motifs is 13. The standard InChI is InChI=1S/C52H28N6O/c53-29-32-28-39(52-55-50(30-14-3-1-4-15-30)54-51(56-52)31-16-5-2-6-17-31)49-45(38-20-9-12-25-43(38)59-49)46(32)57-41-24-11-8-19-37(41)44-42(57)27-26-36-35-22-13-21-34-33-18-7-10-23-40(33)58(47(34)35)48(36)44/h1-28H. The Morgan fingerprint density at radius 2 is 1.03 bits per heavy atom. The Labute approximate surface area is 335 Å². The summed E-state index contributed by atoms with van der Waals surface area (Å²) < 4.78 is 11.6. The predicted molar refractivity (Wildman–Crippen MR) is 237 cm³/mol. The van der Waals surface area contributed by atoms with Gasteiger partial charge >= 0.3 is 0 Å². The highest BCUT2D eigenvalue weighted by molar-refractivity contribution is 6.31. The van der Waals surface area contributed by atoms with Crippen molar-refractivity contribution < 1.29 is 4.42 Å². The molecule has 0 bridgehead atoms. The summed E-state index contributed by atoms with van der Waals surface area (Å²) in [7, 11) is 0. The highest BCUT2D eigenvalue weighted by atomic mass is 16.3. The summed E-state index contributed by atoms with van der Waals surface area (Å²) in [5.41, 5.74) is 10.4. The first-order valence-electron chi connectivity index (χ1n) is 19.6. The van der Waals surface area contributed by atoms with Gasteiger partial charge in [-0.3, -0.25) is 0 Å². The summed E-state index contributed by atoms with van der Waals surface area (Å²) in [6, 6.07) is 60.7. The fourth-order valence-corrected chi connectivity index (χ4v) is 9.50. The van der Waals surface area contributed by atoms with Crippen LogP contribution in [-0.2, 0) is 0 Å². The molecule has 7 nitrogen and oxygen atoms in total. The van der Waals surface area contributed by atoms with Crippen molar-refractivity contribution in [2.24, 2.45) is 0 Å². The van der Waals surface area contributed by atoms with Gasteiger partial charge in [-0.2, -0.15) is 5.26 Å². The van der Waals surface area contributed by atoms with Crippen LogP contribution in [0.2, 0.25) is 0 Å². The third-order valence-electron chi connectivity index (χ3n) is 11.9. The zero-order chi connectivity index (χ0) is 38.8. The molecule has 0 atom stereocenters. The van der Waals surface area contributed by atoms with Crippen molar-refractivity contribution in [3.63, 3.8) is 0 Å². The van der Waals surface area contributed by atoms with Gasteiger partial charge in [0.2, 0.25) is 0 Å². The van der Waals surface area contributed by atoms with Crippen LogP contribution < -0.4 is 0 Å². The van der Waals surface area contributed by atoms with Crippen molar-refractivity contribution >= 4 is 81.8 Å². The Kier molecular flexibility index (Phi) is 6.38. The van der Waals surface area contributed by atoms with Gasteiger partial charge in [0.25, 0.3) is 0 Å². The van der Waals surface area contributed by atoms with Gasteiger partial charge in [0.1, 0.15) is 17.2 Å². The second-order valence-corrected chi connectivity index (χ2v) is 15.0. The van der Waals surface area contributed by atoms with Crippen molar-refractivity contribution in [3.05, 3.63) is 175 Å². The minimum absolute atomic E-state index is 0.422. The number of nitriles is 1. The van der Waals surface area contributed by atoms with Crippen LogP contribution in [0.5, 0.6) is 0 Å². The Bertz CT molecular complexity index is 3850. The molecule has 272 valence electrons. The Hall–Kier alpha value is -8.34. The average molecular weight is 753 g/mol. The summed E-state index contributed by atoms with van der Waals surface area (Å²) in [5.74, 6) is 1.49. The molecule has 0 saturated heterocycles. The van der Waals surface area contributed by atoms with E-state index >= 15 is 0 Å². The number of furan rings is 1. The molecule has 8 aromatic carbocycles. The molecule has 0 amide bonds. The molecule has 0 unspecified atom stereocenters. The zero-order valence-electron chi connectivity index (χ0n) is 31.3. The number of benzene rings is 8. The first-order valence-corrected chi connectivity index (χ1v) is 19.6. The minimum atomic E-state index is 0.422. The van der Waals surface area contributed by atoms with Crippen LogP contribution >= 0.6 is 0 Å². The summed E-state index contributed by atoms with van der Waals surface area (Å²) in [6.45, 7) is 0. The molecule has 13 rings (SSSR count). The molecular weight excluding hydrogens is 725 g/mol. The van der Waals surface area contributed by atoms with Gasteiger partial charge in [0.15, 0.2) is 17.5 Å². The molecular formula is C52H28N6O. The highest BCUT2D eigenvalue weighted by Crippen LogP contribution is 2.47. The van der Waals surface area contributed by atoms with E-state index in [1.165, 1.54) is 32.6 Å². The van der Waals surface area contributed by atoms with Crippen molar-refractivity contribution in [3.8, 4) is 45.9 Å². The summed E-state index contributed by atoms with van der Waals surface area (Å²) in [6.07, 6.45) is 0. The highest BCUT2D eigenvalue weighted by Gasteiger charge is 2.28. The second kappa shape index (κ2) is 11.8. The van der Waals surface area contributed by atoms with E-state index in [9.17, 15) is 5.26 Å². The lowest BCUT2D eigenvalue weighted by Crippen LogP contribution is -2.03. The number of hydrogen-bond acceptors (Lipinski definition) is 5. The first kappa shape index (κ1) is 31.8. The van der Waals surface area contributed by atoms with Crippen LogP contribution in [0, 0.1) is 11.3 Å². The lowest BCUT2D eigenvalue weighted by Gasteiger charge is -2.14. The fraction of sp³-hybridized carbons (Fsp3) is 0. The maximum absolute atomic E-state index is 11.3. The molecule has 0 saturated carbocycles. The largest absolute Gasteiger partial charge is 0.455 e. The van der Waals surface area contributed by atoms with Gasteiger partial charge in [0.05, 0.1) is 49.8 Å². The molecule has 0 aliphatic heterocycles. The smallest absolute Gasteiger partial charge is 0.167 e. The number of aromatic nitrogens is 5. The van der Waals surface area contributed by atoms with Gasteiger partial charge in [-0.05, 0) is 30.3 Å². The van der Waals surface area contributed by atoms with E-state index in [0.29, 0.717) is 39.8 Å². The number of para-hydroxylation sites is 4. The van der Waals surface area contributed by atoms with Crippen molar-refractivity contribution in [1.82, 2.24) is 23.9 Å². The van der Waals surface area contributed by atoms with Crippen LogP contribution in [0.1, 0.15) is 5.56 Å². The maximum Gasteiger partial charge on any atom is 0.167 e. The van der Waals surface area contributed by atoms with Crippen LogP contribution in [-0.4, -0.2) is 23.9 Å². The lowest BCUT2D eigenvalue weighted by molar-refractivity contribution is 0.669. The van der Waals surface area contributed by atoms with E-state index in [4.69, 9.17) is 19.4 Å². The molecule has 0 N–H and O–H groups in total. The summed E-state index contributed by atoms with van der Waals surface area (Å²) >= 11 is 0. The van der Waals surface area contributed by atoms with E-state index < -0.39 is 0 Å². The monoisotopic (exact) mass is 752 g/mol. The number of hydrogen-bond donors (Lipinski definition) is 0.